The molecule has 1 aliphatic rings. The van der Waals surface area contributed by atoms with Gasteiger partial charge < -0.3 is 15.4 Å². The molecule has 1 fully saturated rings. The zero-order valence-electron chi connectivity index (χ0n) is 12.6. The van der Waals surface area contributed by atoms with E-state index in [1.807, 2.05) is 0 Å². The number of hydrogen-bond acceptors (Lipinski definition) is 4. The van der Waals surface area contributed by atoms with Gasteiger partial charge in [-0.2, -0.15) is 0 Å². The zero-order valence-corrected chi connectivity index (χ0v) is 12.6. The van der Waals surface area contributed by atoms with Gasteiger partial charge in [0.15, 0.2) is 6.61 Å². The second kappa shape index (κ2) is 7.59. The Balaban J connectivity index is 1.81. The number of ether oxygens (including phenoxy) is 1. The number of amides is 2. The lowest BCUT2D eigenvalue weighted by molar-refractivity contribution is -0.151. The molecule has 22 heavy (non-hydrogen) atoms. The van der Waals surface area contributed by atoms with Crippen LogP contribution < -0.4 is 10.6 Å². The van der Waals surface area contributed by atoms with Crippen LogP contribution in [-0.4, -0.2) is 24.4 Å². The van der Waals surface area contributed by atoms with Crippen molar-refractivity contribution in [3.63, 3.8) is 0 Å². The fourth-order valence-electron chi connectivity index (χ4n) is 2.49. The Labute approximate surface area is 129 Å². The second-order valence-corrected chi connectivity index (χ2v) is 5.40. The first-order chi connectivity index (χ1) is 10.5. The third-order valence-corrected chi connectivity index (χ3v) is 3.50. The van der Waals surface area contributed by atoms with Crippen LogP contribution in [0.4, 0.5) is 11.4 Å². The van der Waals surface area contributed by atoms with Crippen molar-refractivity contribution in [2.24, 2.45) is 5.92 Å². The van der Waals surface area contributed by atoms with Gasteiger partial charge in [-0.3, -0.25) is 14.4 Å². The molecular formula is C16H20N2O4. The molecule has 0 radical (unpaired) electrons. The molecule has 0 saturated heterocycles. The maximum absolute atomic E-state index is 11.8. The summed E-state index contributed by atoms with van der Waals surface area (Å²) in [7, 11) is 0. The molecule has 1 aromatic rings. The average molecular weight is 304 g/mol. The normalized spacial score (nSPS) is 14.4. The van der Waals surface area contributed by atoms with Crippen molar-refractivity contribution in [3.05, 3.63) is 24.3 Å². The van der Waals surface area contributed by atoms with Crippen LogP contribution in [0.15, 0.2) is 24.3 Å². The fourth-order valence-corrected chi connectivity index (χ4v) is 2.49. The number of nitrogens with one attached hydrogen (secondary N) is 2. The highest BCUT2D eigenvalue weighted by molar-refractivity contribution is 5.94. The van der Waals surface area contributed by atoms with Gasteiger partial charge in [-0.15, -0.1) is 0 Å². The van der Waals surface area contributed by atoms with Gasteiger partial charge in [0.05, 0.1) is 5.92 Å². The van der Waals surface area contributed by atoms with Gasteiger partial charge in [-0.05, 0) is 31.0 Å². The molecule has 6 heteroatoms. The van der Waals surface area contributed by atoms with Crippen LogP contribution in [0.25, 0.3) is 0 Å². The summed E-state index contributed by atoms with van der Waals surface area (Å²) in [6, 6.07) is 6.77. The van der Waals surface area contributed by atoms with E-state index in [0.717, 1.165) is 25.7 Å². The van der Waals surface area contributed by atoms with Crippen molar-refractivity contribution >= 4 is 29.2 Å². The Kier molecular flexibility index (Phi) is 5.52. The van der Waals surface area contributed by atoms with Crippen LogP contribution in [0.1, 0.15) is 32.6 Å². The Morgan fingerprint density at radius 3 is 2.41 bits per heavy atom. The molecular weight excluding hydrogens is 284 g/mol. The van der Waals surface area contributed by atoms with Crippen molar-refractivity contribution in [2.75, 3.05) is 17.2 Å². The highest BCUT2D eigenvalue weighted by Crippen LogP contribution is 2.25. The Hall–Kier alpha value is -2.37. The number of anilines is 2. The molecule has 118 valence electrons. The minimum atomic E-state index is -0.397. The van der Waals surface area contributed by atoms with E-state index in [1.54, 1.807) is 24.3 Å². The van der Waals surface area contributed by atoms with Gasteiger partial charge in [0.1, 0.15) is 0 Å². The number of esters is 1. The van der Waals surface area contributed by atoms with E-state index < -0.39 is 5.91 Å². The van der Waals surface area contributed by atoms with Crippen molar-refractivity contribution in [2.45, 2.75) is 32.6 Å². The monoisotopic (exact) mass is 304 g/mol. The summed E-state index contributed by atoms with van der Waals surface area (Å²) >= 11 is 0. The standard InChI is InChI=1S/C16H20N2O4/c1-11(19)17-13-7-4-8-14(9-13)18-15(20)10-22-16(21)12-5-2-3-6-12/h4,7-9,12H,2-3,5-6,10H2,1H3,(H,17,19)(H,18,20). The van der Waals surface area contributed by atoms with Crippen molar-refractivity contribution < 1.29 is 19.1 Å². The zero-order chi connectivity index (χ0) is 15.9. The van der Waals surface area contributed by atoms with E-state index in [-0.39, 0.29) is 24.4 Å². The van der Waals surface area contributed by atoms with Gasteiger partial charge in [0.2, 0.25) is 5.91 Å². The summed E-state index contributed by atoms with van der Waals surface area (Å²) in [5, 5.41) is 5.26. The fraction of sp³-hybridized carbons (Fsp3) is 0.438. The molecule has 1 aliphatic carbocycles. The Morgan fingerprint density at radius 2 is 1.77 bits per heavy atom. The topological polar surface area (TPSA) is 84.5 Å². The average Bonchev–Trinajstić information content (AvgIpc) is 2.98. The van der Waals surface area contributed by atoms with Gasteiger partial charge in [-0.25, -0.2) is 0 Å². The van der Waals surface area contributed by atoms with Crippen molar-refractivity contribution in [1.82, 2.24) is 0 Å². The number of hydrogen-bond donors (Lipinski definition) is 2. The molecule has 0 unspecified atom stereocenters. The molecule has 6 nitrogen and oxygen atoms in total. The minimum absolute atomic E-state index is 0.0594. The molecule has 0 heterocycles. The lowest BCUT2D eigenvalue weighted by Gasteiger charge is -2.10. The first kappa shape index (κ1) is 16.0. The van der Waals surface area contributed by atoms with Crippen LogP contribution in [0.3, 0.4) is 0 Å². The first-order valence-corrected chi connectivity index (χ1v) is 7.39. The highest BCUT2D eigenvalue weighted by atomic mass is 16.5. The summed E-state index contributed by atoms with van der Waals surface area (Å²) in [5.74, 6) is -0.934. The predicted octanol–water partition coefficient (Wildman–Crippen LogP) is 2.32. The van der Waals surface area contributed by atoms with Crippen molar-refractivity contribution in [3.8, 4) is 0 Å². The van der Waals surface area contributed by atoms with E-state index in [2.05, 4.69) is 10.6 Å². The third-order valence-electron chi connectivity index (χ3n) is 3.50. The minimum Gasteiger partial charge on any atom is -0.455 e. The van der Waals surface area contributed by atoms with Crippen LogP contribution in [-0.2, 0) is 19.1 Å². The van der Waals surface area contributed by atoms with Crippen LogP contribution in [0.5, 0.6) is 0 Å². The van der Waals surface area contributed by atoms with E-state index in [9.17, 15) is 14.4 Å². The van der Waals surface area contributed by atoms with Crippen LogP contribution >= 0.6 is 0 Å². The van der Waals surface area contributed by atoms with E-state index in [1.165, 1.54) is 6.92 Å². The summed E-state index contributed by atoms with van der Waals surface area (Å²) < 4.78 is 5.03. The quantitative estimate of drug-likeness (QED) is 0.818. The van der Waals surface area contributed by atoms with Crippen LogP contribution in [0.2, 0.25) is 0 Å². The highest BCUT2D eigenvalue weighted by Gasteiger charge is 2.24. The number of carbonyl (C=O) groups is 3. The molecule has 2 rings (SSSR count). The largest absolute Gasteiger partial charge is 0.455 e. The summed E-state index contributed by atoms with van der Waals surface area (Å²) in [5.41, 5.74) is 1.13. The van der Waals surface area contributed by atoms with Gasteiger partial charge in [-0.1, -0.05) is 18.9 Å². The Morgan fingerprint density at radius 1 is 1.14 bits per heavy atom. The van der Waals surface area contributed by atoms with Gasteiger partial charge >= 0.3 is 5.97 Å². The number of benzene rings is 1. The smallest absolute Gasteiger partial charge is 0.309 e. The molecule has 2 amide bonds. The molecule has 0 aromatic heterocycles. The second-order valence-electron chi connectivity index (χ2n) is 5.40. The van der Waals surface area contributed by atoms with E-state index in [4.69, 9.17) is 4.74 Å². The molecule has 2 N–H and O–H groups in total. The summed E-state index contributed by atoms with van der Waals surface area (Å²) in [6.07, 6.45) is 3.78. The maximum Gasteiger partial charge on any atom is 0.309 e. The van der Waals surface area contributed by atoms with E-state index >= 15 is 0 Å². The van der Waals surface area contributed by atoms with Gasteiger partial charge in [0, 0.05) is 18.3 Å². The SMILES string of the molecule is CC(=O)Nc1cccc(NC(=O)COC(=O)C2CCCC2)c1. The van der Waals surface area contributed by atoms with Gasteiger partial charge in [0.25, 0.3) is 5.91 Å². The number of rotatable bonds is 5. The lowest BCUT2D eigenvalue weighted by Crippen LogP contribution is -2.23. The summed E-state index contributed by atoms with van der Waals surface area (Å²) in [6.45, 7) is 1.12. The molecule has 0 aliphatic heterocycles. The number of carbonyl (C=O) groups excluding carboxylic acids is 3. The molecule has 1 aromatic carbocycles. The molecule has 0 spiro atoms. The molecule has 0 bridgehead atoms. The molecule has 1 saturated carbocycles. The maximum atomic E-state index is 11.8. The Bertz CT molecular complexity index is 565. The van der Waals surface area contributed by atoms with Crippen LogP contribution in [0, 0.1) is 5.92 Å². The molecule has 0 atom stereocenters. The summed E-state index contributed by atoms with van der Waals surface area (Å²) in [4.78, 5) is 34.5. The third kappa shape index (κ3) is 4.87. The van der Waals surface area contributed by atoms with E-state index in [0.29, 0.717) is 11.4 Å². The lowest BCUT2D eigenvalue weighted by atomic mass is 10.1. The predicted molar refractivity (Wildman–Crippen MR) is 82.3 cm³/mol. The van der Waals surface area contributed by atoms with Crippen molar-refractivity contribution in [1.29, 1.82) is 0 Å². The first-order valence-electron chi connectivity index (χ1n) is 7.39.